The second kappa shape index (κ2) is 10.2. The maximum atomic E-state index is 3.77. The third kappa shape index (κ3) is 4.60. The Balaban J connectivity index is 1.47. The highest BCUT2D eigenvalue weighted by Crippen LogP contribution is 2.41. The van der Waals surface area contributed by atoms with Gasteiger partial charge >= 0.3 is 0 Å². The van der Waals surface area contributed by atoms with E-state index in [1.807, 2.05) is 0 Å². The Bertz CT molecular complexity index is 1720. The summed E-state index contributed by atoms with van der Waals surface area (Å²) >= 11 is 0. The molecule has 0 heterocycles. The molecule has 2 nitrogen and oxygen atoms in total. The average molecular weight is 521 g/mol. The normalized spacial score (nSPS) is 11.2. The molecular weight excluding hydrogens is 484 g/mol. The van der Waals surface area contributed by atoms with Crippen molar-refractivity contribution in [1.82, 2.24) is 0 Å². The molecule has 0 fully saturated rings. The van der Waals surface area contributed by atoms with Gasteiger partial charge in [-0.1, -0.05) is 96.1 Å². The number of fused-ring (bicyclic) bond motifs is 2. The zero-order valence-corrected chi connectivity index (χ0v) is 24.2. The van der Waals surface area contributed by atoms with E-state index >= 15 is 0 Å². The van der Waals surface area contributed by atoms with E-state index in [4.69, 9.17) is 0 Å². The highest BCUT2D eigenvalue weighted by Gasteiger charge is 2.14. The van der Waals surface area contributed by atoms with Gasteiger partial charge < -0.3 is 10.6 Å². The van der Waals surface area contributed by atoms with Gasteiger partial charge in [0.2, 0.25) is 0 Å². The summed E-state index contributed by atoms with van der Waals surface area (Å²) in [6.07, 6.45) is 0. The first-order valence-corrected chi connectivity index (χ1v) is 14.0. The number of hydrogen-bond donors (Lipinski definition) is 2. The Morgan fingerprint density at radius 3 is 1.05 bits per heavy atom. The SMILES string of the molecule is Cc1cc(C)c(Nc2ccc(-c3ccc(Nc4c(C)cc(C)cc4C)c4ccccc34)c3ccccc23)c(C)c1. The van der Waals surface area contributed by atoms with Gasteiger partial charge in [-0.05, 0) is 97.8 Å². The van der Waals surface area contributed by atoms with E-state index < -0.39 is 0 Å². The Labute approximate surface area is 237 Å². The largest absolute Gasteiger partial charge is 0.355 e. The molecule has 0 atom stereocenters. The average Bonchev–Trinajstić information content (AvgIpc) is 2.92. The predicted octanol–water partition coefficient (Wildman–Crippen LogP) is 11.0. The molecule has 2 N–H and O–H groups in total. The van der Waals surface area contributed by atoms with Gasteiger partial charge in [-0.3, -0.25) is 0 Å². The van der Waals surface area contributed by atoms with Gasteiger partial charge in [-0.15, -0.1) is 0 Å². The quantitative estimate of drug-likeness (QED) is 0.236. The summed E-state index contributed by atoms with van der Waals surface area (Å²) in [7, 11) is 0. The van der Waals surface area contributed by atoms with Crippen LogP contribution in [0.1, 0.15) is 33.4 Å². The van der Waals surface area contributed by atoms with Crippen molar-refractivity contribution >= 4 is 44.3 Å². The molecule has 6 aromatic rings. The van der Waals surface area contributed by atoms with Crippen molar-refractivity contribution in [2.24, 2.45) is 0 Å². The molecule has 0 aliphatic heterocycles. The maximum absolute atomic E-state index is 3.77. The Morgan fingerprint density at radius 1 is 0.375 bits per heavy atom. The molecule has 0 amide bonds. The third-order valence-electron chi connectivity index (χ3n) is 8.01. The van der Waals surface area contributed by atoms with E-state index in [9.17, 15) is 0 Å². The van der Waals surface area contributed by atoms with E-state index in [2.05, 4.69) is 149 Å². The molecule has 0 aliphatic rings. The van der Waals surface area contributed by atoms with Gasteiger partial charge in [0.05, 0.1) is 0 Å². The lowest BCUT2D eigenvalue weighted by Crippen LogP contribution is -1.99. The number of aryl methyl sites for hydroxylation is 6. The number of hydrogen-bond acceptors (Lipinski definition) is 2. The summed E-state index contributed by atoms with van der Waals surface area (Å²) < 4.78 is 0. The summed E-state index contributed by atoms with van der Waals surface area (Å²) in [5.41, 5.74) is 14.7. The molecule has 0 saturated carbocycles. The van der Waals surface area contributed by atoms with Crippen LogP contribution in [0.15, 0.2) is 97.1 Å². The molecule has 6 rings (SSSR count). The highest BCUT2D eigenvalue weighted by molar-refractivity contribution is 6.11. The van der Waals surface area contributed by atoms with Gasteiger partial charge in [-0.25, -0.2) is 0 Å². The van der Waals surface area contributed by atoms with Crippen LogP contribution in [0.2, 0.25) is 0 Å². The first-order valence-electron chi connectivity index (χ1n) is 14.0. The lowest BCUT2D eigenvalue weighted by atomic mass is 9.92. The van der Waals surface area contributed by atoms with Crippen molar-refractivity contribution in [3.8, 4) is 11.1 Å². The van der Waals surface area contributed by atoms with E-state index in [0.29, 0.717) is 0 Å². The monoisotopic (exact) mass is 520 g/mol. The minimum Gasteiger partial charge on any atom is -0.355 e. The van der Waals surface area contributed by atoms with Crippen LogP contribution in [-0.4, -0.2) is 0 Å². The van der Waals surface area contributed by atoms with Crippen LogP contribution in [0, 0.1) is 41.5 Å². The minimum absolute atomic E-state index is 1.13. The van der Waals surface area contributed by atoms with Crippen LogP contribution in [-0.2, 0) is 0 Å². The number of nitrogens with one attached hydrogen (secondary N) is 2. The summed E-state index contributed by atoms with van der Waals surface area (Å²) in [6.45, 7) is 13.0. The fourth-order valence-corrected chi connectivity index (χ4v) is 6.31. The number of benzene rings is 6. The molecule has 6 aromatic carbocycles. The molecule has 40 heavy (non-hydrogen) atoms. The van der Waals surface area contributed by atoms with E-state index in [0.717, 1.165) is 11.4 Å². The van der Waals surface area contributed by atoms with Crippen molar-refractivity contribution in [3.05, 3.63) is 130 Å². The van der Waals surface area contributed by atoms with E-state index in [-0.39, 0.29) is 0 Å². The smallest absolute Gasteiger partial charge is 0.0464 e. The van der Waals surface area contributed by atoms with E-state index in [1.54, 1.807) is 0 Å². The molecule has 0 unspecified atom stereocenters. The maximum Gasteiger partial charge on any atom is 0.0464 e. The summed E-state index contributed by atoms with van der Waals surface area (Å²) in [4.78, 5) is 0. The number of rotatable bonds is 5. The molecule has 198 valence electrons. The first kappa shape index (κ1) is 25.7. The third-order valence-corrected chi connectivity index (χ3v) is 8.01. The number of anilines is 4. The predicted molar refractivity (Wildman–Crippen MR) is 175 cm³/mol. The lowest BCUT2D eigenvalue weighted by molar-refractivity contribution is 1.31. The van der Waals surface area contributed by atoms with Crippen LogP contribution in [0.3, 0.4) is 0 Å². The zero-order valence-electron chi connectivity index (χ0n) is 24.2. The summed E-state index contributed by atoms with van der Waals surface area (Å²) in [5, 5.41) is 12.5. The summed E-state index contributed by atoms with van der Waals surface area (Å²) in [5.74, 6) is 0. The van der Waals surface area contributed by atoms with Gasteiger partial charge in [0, 0.05) is 33.5 Å². The van der Waals surface area contributed by atoms with Crippen molar-refractivity contribution < 1.29 is 0 Å². The van der Waals surface area contributed by atoms with E-state index in [1.165, 1.54) is 77.4 Å². The second-order valence-electron chi connectivity index (χ2n) is 11.2. The lowest BCUT2D eigenvalue weighted by Gasteiger charge is -2.19. The van der Waals surface area contributed by atoms with Crippen molar-refractivity contribution in [2.75, 3.05) is 10.6 Å². The fraction of sp³-hybridized carbons (Fsp3) is 0.158. The van der Waals surface area contributed by atoms with Crippen LogP contribution in [0.25, 0.3) is 32.7 Å². The van der Waals surface area contributed by atoms with Crippen molar-refractivity contribution in [1.29, 1.82) is 0 Å². The molecule has 0 radical (unpaired) electrons. The van der Waals surface area contributed by atoms with Gasteiger partial charge in [0.15, 0.2) is 0 Å². The van der Waals surface area contributed by atoms with Crippen LogP contribution in [0.4, 0.5) is 22.7 Å². The molecule has 0 aromatic heterocycles. The zero-order chi connectivity index (χ0) is 28.0. The summed E-state index contributed by atoms with van der Waals surface area (Å²) in [6, 6.07) is 35.4. The Morgan fingerprint density at radius 2 is 0.700 bits per heavy atom. The highest BCUT2D eigenvalue weighted by atomic mass is 14.9. The standard InChI is InChI=1S/C38H36N2/c1-23-19-25(3)37(26(4)20-23)39-35-17-15-31(29-11-7-9-13-33(29)35)32-16-18-36(34-14-10-8-12-30(32)34)40-38-27(5)21-24(2)22-28(38)6/h7-22,39-40H,1-6H3. The van der Waals surface area contributed by atoms with Crippen molar-refractivity contribution in [3.63, 3.8) is 0 Å². The molecule has 0 bridgehead atoms. The van der Waals surface area contributed by atoms with Gasteiger partial charge in [0.25, 0.3) is 0 Å². The Hall–Kier alpha value is -4.56. The second-order valence-corrected chi connectivity index (χ2v) is 11.2. The fourth-order valence-electron chi connectivity index (χ4n) is 6.31. The van der Waals surface area contributed by atoms with Crippen molar-refractivity contribution in [2.45, 2.75) is 41.5 Å². The van der Waals surface area contributed by atoms with Crippen LogP contribution >= 0.6 is 0 Å². The molecule has 0 spiro atoms. The topological polar surface area (TPSA) is 24.1 Å². The molecule has 2 heteroatoms. The molecule has 0 aliphatic carbocycles. The molecule has 0 saturated heterocycles. The minimum atomic E-state index is 1.13. The van der Waals surface area contributed by atoms with Gasteiger partial charge in [0.1, 0.15) is 0 Å². The molecular formula is C38H36N2. The van der Waals surface area contributed by atoms with Gasteiger partial charge in [-0.2, -0.15) is 0 Å². The first-order chi connectivity index (χ1) is 19.3. The van der Waals surface area contributed by atoms with Crippen LogP contribution < -0.4 is 10.6 Å². The Kier molecular flexibility index (Phi) is 6.56. The van der Waals surface area contributed by atoms with Crippen LogP contribution in [0.5, 0.6) is 0 Å².